The first-order valence-corrected chi connectivity index (χ1v) is 6.54. The maximum absolute atomic E-state index is 11.3. The van der Waals surface area contributed by atoms with E-state index in [9.17, 15) is 4.79 Å². The monoisotopic (exact) mass is 266 g/mol. The molecule has 5 heteroatoms. The summed E-state index contributed by atoms with van der Waals surface area (Å²) in [6.45, 7) is 4.77. The van der Waals surface area contributed by atoms with E-state index >= 15 is 0 Å². The Labute approximate surface area is 113 Å². The van der Waals surface area contributed by atoms with Crippen molar-refractivity contribution in [2.24, 2.45) is 11.5 Å². The largest absolute Gasteiger partial charge is 0.490 e. The topological polar surface area (TPSA) is 87.6 Å². The Hall–Kier alpha value is -1.75. The summed E-state index contributed by atoms with van der Waals surface area (Å²) in [4.78, 5) is 11.3. The lowest BCUT2D eigenvalue weighted by molar-refractivity contribution is -0.124. The normalized spacial score (nSPS) is 11.9. The van der Waals surface area contributed by atoms with Crippen LogP contribution >= 0.6 is 0 Å². The number of carbonyl (C=O) groups is 1. The van der Waals surface area contributed by atoms with Gasteiger partial charge in [-0.05, 0) is 37.9 Å². The van der Waals surface area contributed by atoms with Gasteiger partial charge in [0.2, 0.25) is 0 Å². The molecule has 0 aliphatic heterocycles. The van der Waals surface area contributed by atoms with Gasteiger partial charge in [0.05, 0.1) is 6.61 Å². The molecule has 1 rings (SSSR count). The van der Waals surface area contributed by atoms with E-state index < -0.39 is 12.0 Å². The number of benzene rings is 1. The molecule has 0 bridgehead atoms. The Balaban J connectivity index is 3.08. The van der Waals surface area contributed by atoms with E-state index in [1.54, 1.807) is 0 Å². The summed E-state index contributed by atoms with van der Waals surface area (Å²) in [6.07, 6.45) is 0.515. The highest BCUT2D eigenvalue weighted by molar-refractivity contribution is 5.79. The lowest BCUT2D eigenvalue weighted by atomic mass is 10.1. The Morgan fingerprint density at radius 1 is 1.37 bits per heavy atom. The second kappa shape index (κ2) is 7.63. The van der Waals surface area contributed by atoms with E-state index in [-0.39, 0.29) is 0 Å². The molecule has 1 unspecified atom stereocenters. The van der Waals surface area contributed by atoms with Crippen molar-refractivity contribution >= 4 is 5.91 Å². The van der Waals surface area contributed by atoms with Crippen molar-refractivity contribution in [1.82, 2.24) is 0 Å². The summed E-state index contributed by atoms with van der Waals surface area (Å²) in [5.41, 5.74) is 11.8. The molecule has 106 valence electrons. The molecule has 0 radical (unpaired) electrons. The van der Waals surface area contributed by atoms with Crippen LogP contribution in [0.15, 0.2) is 18.2 Å². The number of nitrogens with two attached hydrogens (primary N) is 2. The van der Waals surface area contributed by atoms with Gasteiger partial charge in [-0.1, -0.05) is 19.1 Å². The van der Waals surface area contributed by atoms with Crippen LogP contribution in [0.3, 0.4) is 0 Å². The van der Waals surface area contributed by atoms with Gasteiger partial charge in [-0.3, -0.25) is 4.79 Å². The first kappa shape index (κ1) is 15.3. The SMILES string of the molecule is CCOc1cccc(CCN)c1OC(CC)C(N)=O. The minimum atomic E-state index is -0.655. The molecule has 4 N–H and O–H groups in total. The zero-order chi connectivity index (χ0) is 14.3. The number of amides is 1. The Morgan fingerprint density at radius 3 is 2.63 bits per heavy atom. The minimum absolute atomic E-state index is 0.479. The molecular weight excluding hydrogens is 244 g/mol. The van der Waals surface area contributed by atoms with E-state index in [0.29, 0.717) is 37.5 Å². The second-order valence-electron chi connectivity index (χ2n) is 4.13. The molecule has 0 aliphatic carbocycles. The summed E-state index contributed by atoms with van der Waals surface area (Å²) in [6, 6.07) is 5.61. The smallest absolute Gasteiger partial charge is 0.258 e. The second-order valence-corrected chi connectivity index (χ2v) is 4.13. The lowest BCUT2D eigenvalue weighted by Crippen LogP contribution is -2.33. The van der Waals surface area contributed by atoms with Gasteiger partial charge in [0.25, 0.3) is 5.91 Å². The number of para-hydroxylation sites is 1. The van der Waals surface area contributed by atoms with Gasteiger partial charge in [0.1, 0.15) is 0 Å². The zero-order valence-electron chi connectivity index (χ0n) is 11.5. The van der Waals surface area contributed by atoms with E-state index in [1.165, 1.54) is 0 Å². The standard InChI is InChI=1S/C14H22N2O3/c1-3-11(14(16)17)19-13-10(8-9-15)6-5-7-12(13)18-4-2/h5-7,11H,3-4,8-9,15H2,1-2H3,(H2,16,17). The number of rotatable bonds is 8. The van der Waals surface area contributed by atoms with Crippen LogP contribution in [0.25, 0.3) is 0 Å². The van der Waals surface area contributed by atoms with Crippen LogP contribution in [-0.2, 0) is 11.2 Å². The van der Waals surface area contributed by atoms with Gasteiger partial charge in [-0.25, -0.2) is 0 Å². The Kier molecular flexibility index (Phi) is 6.15. The maximum Gasteiger partial charge on any atom is 0.258 e. The molecule has 0 heterocycles. The highest BCUT2D eigenvalue weighted by atomic mass is 16.5. The number of hydrogen-bond donors (Lipinski definition) is 2. The molecule has 1 atom stereocenters. The van der Waals surface area contributed by atoms with Crippen LogP contribution in [0.1, 0.15) is 25.8 Å². The van der Waals surface area contributed by atoms with Gasteiger partial charge >= 0.3 is 0 Å². The fourth-order valence-corrected chi connectivity index (χ4v) is 1.80. The molecule has 0 aliphatic rings. The summed E-state index contributed by atoms with van der Waals surface area (Å²) in [5.74, 6) is 0.709. The molecule has 19 heavy (non-hydrogen) atoms. The predicted molar refractivity (Wildman–Crippen MR) is 74.3 cm³/mol. The molecule has 0 aromatic heterocycles. The van der Waals surface area contributed by atoms with E-state index in [0.717, 1.165) is 5.56 Å². The van der Waals surface area contributed by atoms with Crippen molar-refractivity contribution in [3.63, 3.8) is 0 Å². The third-order valence-electron chi connectivity index (χ3n) is 2.72. The number of ether oxygens (including phenoxy) is 2. The summed E-state index contributed by atoms with van der Waals surface area (Å²) >= 11 is 0. The zero-order valence-corrected chi connectivity index (χ0v) is 11.5. The highest BCUT2D eigenvalue weighted by Crippen LogP contribution is 2.32. The van der Waals surface area contributed by atoms with Crippen molar-refractivity contribution in [1.29, 1.82) is 0 Å². The van der Waals surface area contributed by atoms with Crippen LogP contribution in [-0.4, -0.2) is 25.2 Å². The fraction of sp³-hybridized carbons (Fsp3) is 0.500. The molecule has 1 aromatic carbocycles. The van der Waals surface area contributed by atoms with Crippen LogP contribution in [0.5, 0.6) is 11.5 Å². The van der Waals surface area contributed by atoms with Crippen LogP contribution < -0.4 is 20.9 Å². The maximum atomic E-state index is 11.3. The Morgan fingerprint density at radius 2 is 2.11 bits per heavy atom. The number of carbonyl (C=O) groups excluding carboxylic acids is 1. The Bertz CT molecular complexity index is 397. The van der Waals surface area contributed by atoms with Gasteiger partial charge in [0, 0.05) is 0 Å². The molecule has 1 amide bonds. The van der Waals surface area contributed by atoms with Crippen molar-refractivity contribution in [2.45, 2.75) is 32.8 Å². The van der Waals surface area contributed by atoms with Gasteiger partial charge in [-0.2, -0.15) is 0 Å². The average molecular weight is 266 g/mol. The van der Waals surface area contributed by atoms with Crippen molar-refractivity contribution in [3.8, 4) is 11.5 Å². The summed E-state index contributed by atoms with van der Waals surface area (Å²) < 4.78 is 11.3. The molecule has 0 saturated carbocycles. The van der Waals surface area contributed by atoms with E-state index in [2.05, 4.69) is 0 Å². The first-order valence-electron chi connectivity index (χ1n) is 6.54. The van der Waals surface area contributed by atoms with Crippen LogP contribution in [0, 0.1) is 0 Å². The van der Waals surface area contributed by atoms with Gasteiger partial charge in [0.15, 0.2) is 17.6 Å². The lowest BCUT2D eigenvalue weighted by Gasteiger charge is -2.20. The van der Waals surface area contributed by atoms with Gasteiger partial charge < -0.3 is 20.9 Å². The third kappa shape index (κ3) is 4.13. The van der Waals surface area contributed by atoms with Crippen molar-refractivity contribution < 1.29 is 14.3 Å². The quantitative estimate of drug-likeness (QED) is 0.740. The molecular formula is C14H22N2O3. The summed E-state index contributed by atoms with van der Waals surface area (Å²) in [5, 5.41) is 0. The molecule has 1 aromatic rings. The number of primary amides is 1. The number of hydrogen-bond acceptors (Lipinski definition) is 4. The van der Waals surface area contributed by atoms with Crippen molar-refractivity contribution in [2.75, 3.05) is 13.2 Å². The molecule has 5 nitrogen and oxygen atoms in total. The average Bonchev–Trinajstić information content (AvgIpc) is 2.38. The third-order valence-corrected chi connectivity index (χ3v) is 2.72. The van der Waals surface area contributed by atoms with Gasteiger partial charge in [-0.15, -0.1) is 0 Å². The molecule has 0 fully saturated rings. The van der Waals surface area contributed by atoms with E-state index in [1.807, 2.05) is 32.0 Å². The fourth-order valence-electron chi connectivity index (χ4n) is 1.80. The van der Waals surface area contributed by atoms with Crippen LogP contribution in [0.4, 0.5) is 0 Å². The highest BCUT2D eigenvalue weighted by Gasteiger charge is 2.19. The minimum Gasteiger partial charge on any atom is -0.490 e. The molecule has 0 spiro atoms. The van der Waals surface area contributed by atoms with Crippen molar-refractivity contribution in [3.05, 3.63) is 23.8 Å². The van der Waals surface area contributed by atoms with E-state index in [4.69, 9.17) is 20.9 Å². The summed E-state index contributed by atoms with van der Waals surface area (Å²) in [7, 11) is 0. The molecule has 0 saturated heterocycles. The predicted octanol–water partition coefficient (Wildman–Crippen LogP) is 1.23. The van der Waals surface area contributed by atoms with Crippen LogP contribution in [0.2, 0.25) is 0 Å². The first-order chi connectivity index (χ1) is 9.13.